The standard InChI is InChI=1S/C14H7B2N3/c15-9-5-8-7-19-12-4-2-1-3-11(12)17-14(19)18-13(8)10(16)6-9/h1-7H. The highest BCUT2D eigenvalue weighted by atomic mass is 15.1. The van der Waals surface area contributed by atoms with Crippen LogP contribution in [0.5, 0.6) is 0 Å². The quantitative estimate of drug-likeness (QED) is 0.421. The summed E-state index contributed by atoms with van der Waals surface area (Å²) in [6, 6.07) is 11.5. The highest BCUT2D eigenvalue weighted by Crippen LogP contribution is 2.17. The molecule has 0 fully saturated rings. The fourth-order valence-electron chi connectivity index (χ4n) is 2.41. The highest BCUT2D eigenvalue weighted by molar-refractivity contribution is 6.42. The SMILES string of the molecule is [B]c1cc([B])c2nc3nc4ccccc4n3cc2c1. The molecule has 84 valence electrons. The van der Waals surface area contributed by atoms with Gasteiger partial charge in [0.05, 0.1) is 16.6 Å². The van der Waals surface area contributed by atoms with Crippen molar-refractivity contribution >= 4 is 54.3 Å². The van der Waals surface area contributed by atoms with E-state index in [0.29, 0.717) is 16.7 Å². The molecule has 0 aliphatic heterocycles. The van der Waals surface area contributed by atoms with Crippen molar-refractivity contribution in [1.29, 1.82) is 0 Å². The van der Waals surface area contributed by atoms with Gasteiger partial charge in [0.1, 0.15) is 15.7 Å². The van der Waals surface area contributed by atoms with Crippen LogP contribution in [-0.2, 0) is 0 Å². The van der Waals surface area contributed by atoms with E-state index in [-0.39, 0.29) is 0 Å². The van der Waals surface area contributed by atoms with Gasteiger partial charge in [0.2, 0.25) is 5.78 Å². The Kier molecular flexibility index (Phi) is 2.01. The Hall–Kier alpha value is -2.29. The van der Waals surface area contributed by atoms with Gasteiger partial charge in [-0.25, -0.2) is 9.97 Å². The number of fused-ring (bicyclic) bond motifs is 4. The first-order valence-corrected chi connectivity index (χ1v) is 5.95. The molecule has 2 aromatic carbocycles. The largest absolute Gasteiger partial charge is 0.283 e. The minimum atomic E-state index is 0.574. The van der Waals surface area contributed by atoms with Gasteiger partial charge in [-0.05, 0) is 12.1 Å². The van der Waals surface area contributed by atoms with E-state index in [0.717, 1.165) is 21.9 Å². The number of hydrogen-bond donors (Lipinski definition) is 0. The molecule has 0 amide bonds. The Labute approximate surface area is 112 Å². The van der Waals surface area contributed by atoms with Crippen molar-refractivity contribution in [1.82, 2.24) is 14.4 Å². The van der Waals surface area contributed by atoms with E-state index < -0.39 is 0 Å². The second-order valence-corrected chi connectivity index (χ2v) is 4.56. The zero-order valence-corrected chi connectivity index (χ0v) is 10.0. The number of para-hydroxylation sites is 2. The lowest BCUT2D eigenvalue weighted by Crippen LogP contribution is -2.15. The van der Waals surface area contributed by atoms with E-state index in [1.807, 2.05) is 40.9 Å². The minimum Gasteiger partial charge on any atom is -0.283 e. The number of imidazole rings is 1. The van der Waals surface area contributed by atoms with Crippen LogP contribution in [0.4, 0.5) is 0 Å². The summed E-state index contributed by atoms with van der Waals surface area (Å²) in [7, 11) is 11.8. The maximum atomic E-state index is 5.96. The van der Waals surface area contributed by atoms with Crippen LogP contribution in [0.1, 0.15) is 0 Å². The molecule has 0 N–H and O–H groups in total. The van der Waals surface area contributed by atoms with Crippen LogP contribution >= 0.6 is 0 Å². The molecule has 4 radical (unpaired) electrons. The average Bonchev–Trinajstić information content (AvgIpc) is 2.74. The van der Waals surface area contributed by atoms with Crippen molar-refractivity contribution in [3.8, 4) is 0 Å². The molecule has 0 unspecified atom stereocenters. The molecule has 3 nitrogen and oxygen atoms in total. The smallest absolute Gasteiger partial charge is 0.235 e. The molecule has 4 aromatic rings. The molecular formula is C14H7B2N3. The summed E-state index contributed by atoms with van der Waals surface area (Å²) < 4.78 is 1.95. The third-order valence-corrected chi connectivity index (χ3v) is 3.25. The zero-order chi connectivity index (χ0) is 13.0. The maximum absolute atomic E-state index is 5.96. The topological polar surface area (TPSA) is 30.2 Å². The molecule has 0 spiro atoms. The van der Waals surface area contributed by atoms with Gasteiger partial charge in [-0.3, -0.25) is 4.40 Å². The van der Waals surface area contributed by atoms with Crippen LogP contribution < -0.4 is 10.9 Å². The van der Waals surface area contributed by atoms with Gasteiger partial charge in [-0.2, -0.15) is 0 Å². The molecule has 2 heterocycles. The Morgan fingerprint density at radius 1 is 1.00 bits per heavy atom. The molecule has 0 saturated heterocycles. The number of nitrogens with zero attached hydrogens (tertiary/aromatic N) is 3. The van der Waals surface area contributed by atoms with E-state index in [4.69, 9.17) is 15.7 Å². The molecule has 4 rings (SSSR count). The Bertz CT molecular complexity index is 944. The van der Waals surface area contributed by atoms with Crippen molar-refractivity contribution in [3.63, 3.8) is 0 Å². The molecule has 0 atom stereocenters. The van der Waals surface area contributed by atoms with Crippen LogP contribution in [0.3, 0.4) is 0 Å². The van der Waals surface area contributed by atoms with Gasteiger partial charge < -0.3 is 0 Å². The van der Waals surface area contributed by atoms with E-state index >= 15 is 0 Å². The lowest BCUT2D eigenvalue weighted by molar-refractivity contribution is 1.18. The fourth-order valence-corrected chi connectivity index (χ4v) is 2.41. The maximum Gasteiger partial charge on any atom is 0.235 e. The number of benzene rings is 2. The number of hydrogen-bond acceptors (Lipinski definition) is 2. The predicted molar refractivity (Wildman–Crippen MR) is 78.8 cm³/mol. The summed E-state index contributed by atoms with van der Waals surface area (Å²) in [6.45, 7) is 0. The van der Waals surface area contributed by atoms with Crippen LogP contribution in [-0.4, -0.2) is 30.1 Å². The summed E-state index contributed by atoms with van der Waals surface area (Å²) in [5, 5.41) is 0.910. The van der Waals surface area contributed by atoms with Crippen molar-refractivity contribution in [2.24, 2.45) is 0 Å². The van der Waals surface area contributed by atoms with Crippen molar-refractivity contribution < 1.29 is 0 Å². The van der Waals surface area contributed by atoms with Gasteiger partial charge in [-0.1, -0.05) is 35.2 Å². The monoisotopic (exact) mass is 239 g/mol. The summed E-state index contributed by atoms with van der Waals surface area (Å²) in [5.41, 5.74) is 3.88. The van der Waals surface area contributed by atoms with Crippen molar-refractivity contribution in [2.75, 3.05) is 0 Å². The molecule has 2 aromatic heterocycles. The average molecular weight is 239 g/mol. The van der Waals surface area contributed by atoms with Crippen LogP contribution in [0.2, 0.25) is 0 Å². The second-order valence-electron chi connectivity index (χ2n) is 4.56. The summed E-state index contributed by atoms with van der Waals surface area (Å²) in [4.78, 5) is 9.02. The molecule has 0 bridgehead atoms. The Balaban J connectivity index is 2.25. The first-order chi connectivity index (χ1) is 9.22. The number of aromatic nitrogens is 3. The predicted octanol–water partition coefficient (Wildman–Crippen LogP) is 0.623. The van der Waals surface area contributed by atoms with Gasteiger partial charge in [0.25, 0.3) is 0 Å². The van der Waals surface area contributed by atoms with E-state index in [1.165, 1.54) is 0 Å². The van der Waals surface area contributed by atoms with Gasteiger partial charge >= 0.3 is 0 Å². The first-order valence-electron chi connectivity index (χ1n) is 5.95. The summed E-state index contributed by atoms with van der Waals surface area (Å²) in [6.07, 6.45) is 1.97. The normalized spacial score (nSPS) is 11.6. The third-order valence-electron chi connectivity index (χ3n) is 3.25. The summed E-state index contributed by atoms with van der Waals surface area (Å²) in [5.74, 6) is 0.644. The third kappa shape index (κ3) is 1.48. The van der Waals surface area contributed by atoms with E-state index in [1.54, 1.807) is 6.07 Å². The Morgan fingerprint density at radius 3 is 2.74 bits per heavy atom. The lowest BCUT2D eigenvalue weighted by Gasteiger charge is -2.05. The molecule has 19 heavy (non-hydrogen) atoms. The van der Waals surface area contributed by atoms with E-state index in [2.05, 4.69) is 9.97 Å². The molecule has 5 heteroatoms. The zero-order valence-electron chi connectivity index (χ0n) is 10.0. The highest BCUT2D eigenvalue weighted by Gasteiger charge is 2.07. The van der Waals surface area contributed by atoms with Gasteiger partial charge in [0, 0.05) is 11.6 Å². The molecular weight excluding hydrogens is 232 g/mol. The first kappa shape index (κ1) is 10.6. The molecule has 0 saturated carbocycles. The minimum absolute atomic E-state index is 0.574. The van der Waals surface area contributed by atoms with Crippen LogP contribution in [0.25, 0.3) is 27.7 Å². The van der Waals surface area contributed by atoms with Gasteiger partial charge in [-0.15, -0.1) is 0 Å². The molecule has 0 aliphatic carbocycles. The van der Waals surface area contributed by atoms with Crippen LogP contribution in [0, 0.1) is 0 Å². The van der Waals surface area contributed by atoms with Crippen molar-refractivity contribution in [3.05, 3.63) is 42.6 Å². The van der Waals surface area contributed by atoms with Crippen LogP contribution in [0.15, 0.2) is 42.6 Å². The number of rotatable bonds is 0. The van der Waals surface area contributed by atoms with Gasteiger partial charge in [0.15, 0.2) is 0 Å². The van der Waals surface area contributed by atoms with E-state index in [9.17, 15) is 0 Å². The summed E-state index contributed by atoms with van der Waals surface area (Å²) >= 11 is 0. The van der Waals surface area contributed by atoms with Crippen molar-refractivity contribution in [2.45, 2.75) is 0 Å². The lowest BCUT2D eigenvalue weighted by atomic mass is 9.85. The fraction of sp³-hybridized carbons (Fsp3) is 0. The second kappa shape index (κ2) is 3.60. The molecule has 0 aliphatic rings. The Morgan fingerprint density at radius 2 is 1.84 bits per heavy atom.